The van der Waals surface area contributed by atoms with E-state index in [0.29, 0.717) is 6.42 Å². The first kappa shape index (κ1) is 17.7. The summed E-state index contributed by atoms with van der Waals surface area (Å²) < 4.78 is 0. The molecule has 1 aromatic heterocycles. The van der Waals surface area contributed by atoms with Gasteiger partial charge in [0, 0.05) is 24.2 Å². The van der Waals surface area contributed by atoms with Gasteiger partial charge in [-0.3, -0.25) is 9.88 Å². The molecular weight excluding hydrogens is 382 g/mol. The molecule has 1 aliphatic heterocycles. The van der Waals surface area contributed by atoms with Crippen LogP contribution in [0.4, 0.5) is 16.2 Å². The molecular formula is C24H18ClN3O. The molecule has 0 saturated heterocycles. The van der Waals surface area contributed by atoms with E-state index in [1.54, 1.807) is 17.3 Å². The molecule has 4 aromatic rings. The zero-order valence-electron chi connectivity index (χ0n) is 15.5. The standard InChI is InChI=1S/C24H18ClN3O/c25-23-15-17-5-1-2-10-22(17)28(23)24(29)27-21-9-4-7-19-18(6-3-8-20(19)21)16-11-13-26-14-12-16/h1-14,23H,15H2,(H,27,29). The quantitative estimate of drug-likeness (QED) is 0.329. The number of hydrogen-bond donors (Lipinski definition) is 1. The molecule has 4 nitrogen and oxygen atoms in total. The van der Waals surface area contributed by atoms with Crippen LogP contribution in [-0.4, -0.2) is 16.5 Å². The number of nitrogens with zero attached hydrogens (tertiary/aromatic N) is 2. The molecule has 0 saturated carbocycles. The lowest BCUT2D eigenvalue weighted by Crippen LogP contribution is -2.37. The number of amides is 2. The smallest absolute Gasteiger partial charge is 0.307 e. The first-order chi connectivity index (χ1) is 14.2. The highest BCUT2D eigenvalue weighted by Gasteiger charge is 2.32. The zero-order chi connectivity index (χ0) is 19.8. The molecule has 5 heteroatoms. The predicted molar refractivity (Wildman–Crippen MR) is 118 cm³/mol. The number of benzene rings is 3. The van der Waals surface area contributed by atoms with E-state index in [1.807, 2.05) is 60.7 Å². The second-order valence-corrected chi connectivity index (χ2v) is 7.51. The van der Waals surface area contributed by atoms with Crippen molar-refractivity contribution in [2.75, 3.05) is 10.2 Å². The summed E-state index contributed by atoms with van der Waals surface area (Å²) in [6, 6.07) is 23.6. The first-order valence-corrected chi connectivity index (χ1v) is 9.90. The number of alkyl halides is 1. The van der Waals surface area contributed by atoms with E-state index >= 15 is 0 Å². The SMILES string of the molecule is O=C(Nc1cccc2c(-c3ccncc3)cccc12)N1c2ccccc2CC1Cl. The maximum absolute atomic E-state index is 13.1. The number of para-hydroxylation sites is 1. The summed E-state index contributed by atoms with van der Waals surface area (Å²) in [5.41, 5.74) is 4.50. The van der Waals surface area contributed by atoms with Crippen LogP contribution in [0.1, 0.15) is 5.56 Å². The lowest BCUT2D eigenvalue weighted by Gasteiger charge is -2.22. The number of nitrogens with one attached hydrogen (secondary N) is 1. The van der Waals surface area contributed by atoms with Crippen LogP contribution in [0.2, 0.25) is 0 Å². The third-order valence-electron chi connectivity index (χ3n) is 5.29. The van der Waals surface area contributed by atoms with E-state index in [0.717, 1.165) is 38.8 Å². The Balaban J connectivity index is 1.53. The number of carbonyl (C=O) groups is 1. The Labute approximate surface area is 173 Å². The minimum Gasteiger partial charge on any atom is -0.307 e. The number of aromatic nitrogens is 1. The molecule has 0 bridgehead atoms. The summed E-state index contributed by atoms with van der Waals surface area (Å²) in [5, 5.41) is 5.12. The van der Waals surface area contributed by atoms with Gasteiger partial charge in [0.25, 0.3) is 0 Å². The summed E-state index contributed by atoms with van der Waals surface area (Å²) in [7, 11) is 0. The van der Waals surface area contributed by atoms with Gasteiger partial charge in [0.05, 0.1) is 11.4 Å². The van der Waals surface area contributed by atoms with Gasteiger partial charge in [-0.15, -0.1) is 0 Å². The van der Waals surface area contributed by atoms with Crippen molar-refractivity contribution >= 4 is 39.8 Å². The van der Waals surface area contributed by atoms with Gasteiger partial charge in [-0.25, -0.2) is 4.79 Å². The molecule has 0 fully saturated rings. The van der Waals surface area contributed by atoms with Gasteiger partial charge < -0.3 is 5.32 Å². The van der Waals surface area contributed by atoms with Crippen LogP contribution >= 0.6 is 11.6 Å². The van der Waals surface area contributed by atoms with E-state index in [9.17, 15) is 4.79 Å². The Morgan fingerprint density at radius 2 is 1.69 bits per heavy atom. The Kier molecular flexibility index (Phi) is 4.41. The van der Waals surface area contributed by atoms with E-state index < -0.39 is 5.50 Å². The Morgan fingerprint density at radius 1 is 0.931 bits per heavy atom. The maximum Gasteiger partial charge on any atom is 0.327 e. The number of halogens is 1. The molecule has 3 aromatic carbocycles. The van der Waals surface area contributed by atoms with Crippen LogP contribution in [0.25, 0.3) is 21.9 Å². The van der Waals surface area contributed by atoms with E-state index in [1.165, 1.54) is 0 Å². The Morgan fingerprint density at radius 3 is 2.55 bits per heavy atom. The van der Waals surface area contributed by atoms with Crippen molar-refractivity contribution in [2.45, 2.75) is 11.9 Å². The molecule has 142 valence electrons. The summed E-state index contributed by atoms with van der Waals surface area (Å²) in [6.07, 6.45) is 4.21. The predicted octanol–water partition coefficient (Wildman–Crippen LogP) is 6.06. The van der Waals surface area contributed by atoms with Crippen LogP contribution in [0.15, 0.2) is 85.2 Å². The Hall–Kier alpha value is -3.37. The number of anilines is 2. The molecule has 29 heavy (non-hydrogen) atoms. The number of pyridine rings is 1. The second-order valence-electron chi connectivity index (χ2n) is 7.01. The molecule has 1 atom stereocenters. The molecule has 1 N–H and O–H groups in total. The molecule has 0 spiro atoms. The highest BCUT2D eigenvalue weighted by molar-refractivity contribution is 6.26. The fourth-order valence-corrected chi connectivity index (χ4v) is 4.32. The van der Waals surface area contributed by atoms with Crippen LogP contribution in [0.5, 0.6) is 0 Å². The number of urea groups is 1. The molecule has 2 heterocycles. The summed E-state index contributed by atoms with van der Waals surface area (Å²) >= 11 is 6.49. The van der Waals surface area contributed by atoms with Crippen molar-refractivity contribution in [1.82, 2.24) is 4.98 Å². The van der Waals surface area contributed by atoms with Crippen molar-refractivity contribution in [1.29, 1.82) is 0 Å². The Bertz CT molecular complexity index is 1210. The first-order valence-electron chi connectivity index (χ1n) is 9.47. The van der Waals surface area contributed by atoms with Gasteiger partial charge in [-0.2, -0.15) is 0 Å². The number of rotatable bonds is 2. The van der Waals surface area contributed by atoms with Crippen LogP contribution < -0.4 is 10.2 Å². The van der Waals surface area contributed by atoms with Crippen molar-refractivity contribution < 1.29 is 4.79 Å². The monoisotopic (exact) mass is 399 g/mol. The van der Waals surface area contributed by atoms with Crippen molar-refractivity contribution in [3.05, 3.63) is 90.8 Å². The summed E-state index contributed by atoms with van der Waals surface area (Å²) in [5.74, 6) is 0. The second kappa shape index (κ2) is 7.22. The van der Waals surface area contributed by atoms with Gasteiger partial charge in [0.2, 0.25) is 0 Å². The number of hydrogen-bond acceptors (Lipinski definition) is 2. The number of fused-ring (bicyclic) bond motifs is 2. The van der Waals surface area contributed by atoms with Crippen LogP contribution in [0.3, 0.4) is 0 Å². The fraction of sp³-hybridized carbons (Fsp3) is 0.0833. The van der Waals surface area contributed by atoms with Crippen LogP contribution in [0, 0.1) is 0 Å². The van der Waals surface area contributed by atoms with Crippen molar-refractivity contribution in [3.63, 3.8) is 0 Å². The minimum absolute atomic E-state index is 0.225. The van der Waals surface area contributed by atoms with Crippen molar-refractivity contribution in [2.24, 2.45) is 0 Å². The average molecular weight is 400 g/mol. The topological polar surface area (TPSA) is 45.2 Å². The average Bonchev–Trinajstić information content (AvgIpc) is 3.10. The highest BCUT2D eigenvalue weighted by atomic mass is 35.5. The van der Waals surface area contributed by atoms with E-state index in [-0.39, 0.29) is 6.03 Å². The lowest BCUT2D eigenvalue weighted by molar-refractivity contribution is 0.257. The van der Waals surface area contributed by atoms with Gasteiger partial charge in [0.1, 0.15) is 5.50 Å². The third-order valence-corrected chi connectivity index (χ3v) is 5.64. The third kappa shape index (κ3) is 3.12. The molecule has 5 rings (SSSR count). The largest absolute Gasteiger partial charge is 0.327 e. The molecule has 2 amide bonds. The summed E-state index contributed by atoms with van der Waals surface area (Å²) in [6.45, 7) is 0. The normalized spacial score (nSPS) is 15.3. The van der Waals surface area contributed by atoms with E-state index in [4.69, 9.17) is 11.6 Å². The van der Waals surface area contributed by atoms with Crippen LogP contribution in [-0.2, 0) is 6.42 Å². The van der Waals surface area contributed by atoms with Crippen molar-refractivity contribution in [3.8, 4) is 11.1 Å². The molecule has 1 aliphatic rings. The highest BCUT2D eigenvalue weighted by Crippen LogP contribution is 2.36. The lowest BCUT2D eigenvalue weighted by atomic mass is 9.98. The zero-order valence-corrected chi connectivity index (χ0v) is 16.3. The summed E-state index contributed by atoms with van der Waals surface area (Å²) in [4.78, 5) is 18.8. The van der Waals surface area contributed by atoms with Gasteiger partial charge in [-0.1, -0.05) is 60.1 Å². The minimum atomic E-state index is -0.394. The fourth-order valence-electron chi connectivity index (χ4n) is 3.96. The van der Waals surface area contributed by atoms with E-state index in [2.05, 4.69) is 22.4 Å². The molecule has 0 radical (unpaired) electrons. The number of carbonyl (C=O) groups excluding carboxylic acids is 1. The maximum atomic E-state index is 13.1. The molecule has 1 unspecified atom stereocenters. The van der Waals surface area contributed by atoms with Gasteiger partial charge in [0.15, 0.2) is 0 Å². The van der Waals surface area contributed by atoms with Gasteiger partial charge >= 0.3 is 6.03 Å². The molecule has 0 aliphatic carbocycles. The van der Waals surface area contributed by atoms with Gasteiger partial charge in [-0.05, 0) is 46.3 Å².